The summed E-state index contributed by atoms with van der Waals surface area (Å²) in [7, 11) is 0. The lowest BCUT2D eigenvalue weighted by atomic mass is 9.95. The zero-order chi connectivity index (χ0) is 22.6. The second-order valence-corrected chi connectivity index (χ2v) is 10.2. The van der Waals surface area contributed by atoms with Crippen molar-refractivity contribution in [3.63, 3.8) is 0 Å². The number of piperidine rings is 2. The molecular formula is C25H34N6OS. The van der Waals surface area contributed by atoms with Gasteiger partial charge in [-0.15, -0.1) is 0 Å². The van der Waals surface area contributed by atoms with E-state index >= 15 is 0 Å². The molecule has 7 nitrogen and oxygen atoms in total. The van der Waals surface area contributed by atoms with Crippen LogP contribution >= 0.6 is 11.9 Å². The Hall–Kier alpha value is -2.16. The van der Waals surface area contributed by atoms with Crippen LogP contribution in [0.2, 0.25) is 0 Å². The first-order valence-electron chi connectivity index (χ1n) is 12.2. The first kappa shape index (κ1) is 22.6. The van der Waals surface area contributed by atoms with E-state index in [9.17, 15) is 4.79 Å². The van der Waals surface area contributed by atoms with E-state index in [4.69, 9.17) is 0 Å². The summed E-state index contributed by atoms with van der Waals surface area (Å²) in [4.78, 5) is 26.4. The van der Waals surface area contributed by atoms with Crippen LogP contribution in [0.4, 0.5) is 5.82 Å². The number of carbonyl (C=O) groups excluding carboxylic acids is 1. The third kappa shape index (κ3) is 5.34. The number of likely N-dealkylation sites (tertiary alicyclic amines) is 1. The first-order valence-corrected chi connectivity index (χ1v) is 13.4. The summed E-state index contributed by atoms with van der Waals surface area (Å²) in [5, 5.41) is 3.52. The quantitative estimate of drug-likeness (QED) is 0.679. The summed E-state index contributed by atoms with van der Waals surface area (Å²) in [6, 6.07) is 11.6. The minimum absolute atomic E-state index is 0.0279. The van der Waals surface area contributed by atoms with Crippen LogP contribution in [0.5, 0.6) is 0 Å². The number of hydrogen-bond donors (Lipinski definition) is 1. The Morgan fingerprint density at radius 1 is 1.00 bits per heavy atom. The van der Waals surface area contributed by atoms with Gasteiger partial charge in [0.1, 0.15) is 17.8 Å². The highest BCUT2D eigenvalue weighted by Gasteiger charge is 2.30. The molecule has 0 bridgehead atoms. The van der Waals surface area contributed by atoms with Crippen LogP contribution < -0.4 is 5.32 Å². The summed E-state index contributed by atoms with van der Waals surface area (Å²) in [5.74, 6) is 0.790. The maximum absolute atomic E-state index is 13.2. The van der Waals surface area contributed by atoms with Crippen molar-refractivity contribution in [3.8, 4) is 0 Å². The van der Waals surface area contributed by atoms with Crippen LogP contribution in [0.1, 0.15) is 47.3 Å². The second-order valence-electron chi connectivity index (χ2n) is 9.33. The average Bonchev–Trinajstić information content (AvgIpc) is 2.89. The van der Waals surface area contributed by atoms with E-state index in [1.165, 1.54) is 17.5 Å². The molecule has 1 aromatic heterocycles. The highest BCUT2D eigenvalue weighted by molar-refractivity contribution is 7.96. The standard InChI is InChI=1S/C25H34N6OS/c1-33-31-14-7-21(8-15-31)28-24-16-23(26-18-27-24)25(32)29-12-9-22(10-13-29)30-11-6-19-4-2-3-5-20(19)17-30/h2-5,16,18,21-22H,6-15,17H2,1H3,(H,26,27,28). The molecule has 0 atom stereocenters. The smallest absolute Gasteiger partial charge is 0.272 e. The monoisotopic (exact) mass is 466 g/mol. The summed E-state index contributed by atoms with van der Waals surface area (Å²) in [5.41, 5.74) is 3.45. The van der Waals surface area contributed by atoms with Gasteiger partial charge in [0, 0.05) is 57.4 Å². The van der Waals surface area contributed by atoms with Crippen molar-refractivity contribution in [2.24, 2.45) is 0 Å². The SMILES string of the molecule is CSN1CCC(Nc2cc(C(=O)N3CCC(N4CCc5ccccc5C4)CC3)ncn2)CC1. The van der Waals surface area contributed by atoms with Gasteiger partial charge in [-0.2, -0.15) is 0 Å². The van der Waals surface area contributed by atoms with E-state index in [0.29, 0.717) is 17.8 Å². The molecule has 176 valence electrons. The van der Waals surface area contributed by atoms with Crippen LogP contribution in [-0.4, -0.2) is 81.0 Å². The molecule has 0 unspecified atom stereocenters. The molecule has 0 saturated carbocycles. The lowest BCUT2D eigenvalue weighted by Gasteiger charge is -2.40. The Morgan fingerprint density at radius 3 is 2.52 bits per heavy atom. The number of nitrogens with zero attached hydrogens (tertiary/aromatic N) is 5. The predicted molar refractivity (Wildman–Crippen MR) is 133 cm³/mol. The number of nitrogens with one attached hydrogen (secondary N) is 1. The Morgan fingerprint density at radius 2 is 1.76 bits per heavy atom. The molecule has 0 radical (unpaired) electrons. The van der Waals surface area contributed by atoms with Gasteiger partial charge in [-0.3, -0.25) is 14.0 Å². The van der Waals surface area contributed by atoms with Gasteiger partial charge < -0.3 is 10.2 Å². The molecule has 5 rings (SSSR count). The van der Waals surface area contributed by atoms with E-state index in [-0.39, 0.29) is 5.91 Å². The number of carbonyl (C=O) groups is 1. The Labute approximate surface area is 201 Å². The van der Waals surface area contributed by atoms with Gasteiger partial charge >= 0.3 is 0 Å². The van der Waals surface area contributed by atoms with Crippen molar-refractivity contribution in [1.29, 1.82) is 0 Å². The molecule has 33 heavy (non-hydrogen) atoms. The van der Waals surface area contributed by atoms with E-state index < -0.39 is 0 Å². The van der Waals surface area contributed by atoms with Crippen LogP contribution in [0.3, 0.4) is 0 Å². The van der Waals surface area contributed by atoms with Gasteiger partial charge in [-0.05, 0) is 49.5 Å². The van der Waals surface area contributed by atoms with Crippen LogP contribution in [-0.2, 0) is 13.0 Å². The van der Waals surface area contributed by atoms with Gasteiger partial charge in [0.25, 0.3) is 5.91 Å². The van der Waals surface area contributed by atoms with Gasteiger partial charge in [-0.25, -0.2) is 9.97 Å². The molecule has 2 aromatic rings. The molecule has 1 N–H and O–H groups in total. The fraction of sp³-hybridized carbons (Fsp3) is 0.560. The fourth-order valence-electron chi connectivity index (χ4n) is 5.37. The molecule has 1 aromatic carbocycles. The first-order chi connectivity index (χ1) is 16.2. The topological polar surface area (TPSA) is 64.6 Å². The van der Waals surface area contributed by atoms with Crippen LogP contribution in [0.25, 0.3) is 0 Å². The minimum atomic E-state index is 0.0279. The Bertz CT molecular complexity index is 955. The molecule has 1 amide bonds. The third-order valence-electron chi connectivity index (χ3n) is 7.38. The predicted octanol–water partition coefficient (Wildman–Crippen LogP) is 3.29. The number of rotatable bonds is 5. The molecule has 2 saturated heterocycles. The van der Waals surface area contributed by atoms with E-state index in [1.54, 1.807) is 0 Å². The highest BCUT2D eigenvalue weighted by atomic mass is 32.2. The largest absolute Gasteiger partial charge is 0.367 e. The van der Waals surface area contributed by atoms with Crippen molar-refractivity contribution < 1.29 is 4.79 Å². The Balaban J connectivity index is 1.14. The van der Waals surface area contributed by atoms with E-state index in [0.717, 1.165) is 77.2 Å². The summed E-state index contributed by atoms with van der Waals surface area (Å²) in [6.45, 7) is 5.89. The minimum Gasteiger partial charge on any atom is -0.367 e. The van der Waals surface area contributed by atoms with Crippen molar-refractivity contribution in [3.05, 3.63) is 53.5 Å². The number of fused-ring (bicyclic) bond motifs is 1. The molecule has 3 aliphatic rings. The maximum atomic E-state index is 13.2. The highest BCUT2D eigenvalue weighted by Crippen LogP contribution is 2.26. The summed E-state index contributed by atoms with van der Waals surface area (Å²) >= 11 is 1.81. The van der Waals surface area contributed by atoms with Crippen molar-refractivity contribution in [1.82, 2.24) is 24.1 Å². The lowest BCUT2D eigenvalue weighted by Crippen LogP contribution is -2.48. The number of hydrogen-bond acceptors (Lipinski definition) is 7. The molecule has 3 aliphatic heterocycles. The summed E-state index contributed by atoms with van der Waals surface area (Å²) < 4.78 is 2.39. The van der Waals surface area contributed by atoms with Gasteiger partial charge in [0.2, 0.25) is 0 Å². The lowest BCUT2D eigenvalue weighted by molar-refractivity contribution is 0.0594. The van der Waals surface area contributed by atoms with E-state index in [1.807, 2.05) is 22.9 Å². The average molecular weight is 467 g/mol. The molecule has 0 spiro atoms. The summed E-state index contributed by atoms with van der Waals surface area (Å²) in [6.07, 6.45) is 9.00. The zero-order valence-corrected chi connectivity index (χ0v) is 20.3. The number of anilines is 1. The molecule has 2 fully saturated rings. The number of benzene rings is 1. The fourth-order valence-corrected chi connectivity index (χ4v) is 5.95. The van der Waals surface area contributed by atoms with Crippen LogP contribution in [0.15, 0.2) is 36.7 Å². The van der Waals surface area contributed by atoms with Crippen molar-refractivity contribution in [2.45, 2.75) is 50.7 Å². The molecular weight excluding hydrogens is 432 g/mol. The molecule has 8 heteroatoms. The normalized spacial score (nSPS) is 21.1. The van der Waals surface area contributed by atoms with E-state index in [2.05, 4.69) is 55.0 Å². The second kappa shape index (κ2) is 10.4. The Kier molecular flexibility index (Phi) is 7.13. The molecule has 4 heterocycles. The number of aromatic nitrogens is 2. The van der Waals surface area contributed by atoms with Crippen molar-refractivity contribution in [2.75, 3.05) is 44.3 Å². The van der Waals surface area contributed by atoms with Gasteiger partial charge in [0.15, 0.2) is 0 Å². The van der Waals surface area contributed by atoms with Gasteiger partial charge in [0.05, 0.1) is 0 Å². The molecule has 0 aliphatic carbocycles. The number of amides is 1. The zero-order valence-electron chi connectivity index (χ0n) is 19.4. The maximum Gasteiger partial charge on any atom is 0.272 e. The van der Waals surface area contributed by atoms with Crippen molar-refractivity contribution >= 4 is 23.7 Å². The third-order valence-corrected chi connectivity index (χ3v) is 8.26. The van der Waals surface area contributed by atoms with Crippen LogP contribution in [0, 0.1) is 0 Å². The van der Waals surface area contributed by atoms with Gasteiger partial charge in [-0.1, -0.05) is 36.2 Å².